The average molecular weight is 718 g/mol. The highest BCUT2D eigenvalue weighted by atomic mass is 16.6. The maximum absolute atomic E-state index is 12.9. The van der Waals surface area contributed by atoms with Gasteiger partial charge in [0.1, 0.15) is 17.2 Å². The summed E-state index contributed by atoms with van der Waals surface area (Å²) in [6.45, 7) is 12.3. The minimum absolute atomic E-state index is 0.00609. The third-order valence-electron chi connectivity index (χ3n) is 10.5. The van der Waals surface area contributed by atoms with Gasteiger partial charge in [0.15, 0.2) is 0 Å². The first-order chi connectivity index (χ1) is 25.5. The van der Waals surface area contributed by atoms with Crippen molar-refractivity contribution < 1.29 is 19.1 Å². The van der Waals surface area contributed by atoms with Crippen LogP contribution >= 0.6 is 0 Å². The highest BCUT2D eigenvalue weighted by molar-refractivity contribution is 5.90. The van der Waals surface area contributed by atoms with Crippen molar-refractivity contribution in [1.82, 2.24) is 35.1 Å². The van der Waals surface area contributed by atoms with E-state index in [0.717, 1.165) is 94.8 Å². The van der Waals surface area contributed by atoms with Gasteiger partial charge in [0.2, 0.25) is 0 Å². The van der Waals surface area contributed by atoms with Crippen molar-refractivity contribution in [2.45, 2.75) is 84.0 Å². The molecule has 2 aliphatic heterocycles. The van der Waals surface area contributed by atoms with E-state index in [1.807, 2.05) is 33.2 Å². The molecule has 2 amide bonds. The first-order valence-electron chi connectivity index (χ1n) is 18.8. The second-order valence-corrected chi connectivity index (χ2v) is 15.7. The normalized spacial score (nSPS) is 18.5. The molecule has 4 heterocycles. The molecule has 3 N–H and O–H groups in total. The van der Waals surface area contributed by atoms with Gasteiger partial charge < -0.3 is 24.8 Å². The molecule has 3 unspecified atom stereocenters. The van der Waals surface area contributed by atoms with Crippen LogP contribution in [0, 0.1) is 5.92 Å². The summed E-state index contributed by atoms with van der Waals surface area (Å²) in [5.74, 6) is 2.03. The number of carbonyl (C=O) groups excluding carboxylic acids is 2. The van der Waals surface area contributed by atoms with Crippen LogP contribution in [0.3, 0.4) is 0 Å². The summed E-state index contributed by atoms with van der Waals surface area (Å²) in [5.41, 5.74) is 5.80. The number of hydrogen-bond donors (Lipinski definition) is 3. The smallest absolute Gasteiger partial charge is 0.410 e. The Labute approximate surface area is 311 Å². The lowest BCUT2D eigenvalue weighted by Crippen LogP contribution is -2.46. The lowest BCUT2D eigenvalue weighted by molar-refractivity contribution is 0.0218. The molecule has 53 heavy (non-hydrogen) atoms. The number of likely N-dealkylation sites (tertiary alicyclic amines) is 2. The number of H-pyrrole nitrogens is 2. The number of methoxy groups -OCH3 is 1. The number of nitrogens with zero attached hydrogens (tertiary/aromatic N) is 4. The first-order valence-corrected chi connectivity index (χ1v) is 18.8. The number of carbonyl (C=O) groups is 2. The lowest BCUT2D eigenvalue weighted by atomic mass is 9.98. The fourth-order valence-electron chi connectivity index (χ4n) is 7.57. The van der Waals surface area contributed by atoms with Crippen LogP contribution in [0.15, 0.2) is 73.1 Å². The van der Waals surface area contributed by atoms with E-state index in [1.165, 1.54) is 7.11 Å². The Morgan fingerprint density at radius 2 is 1.38 bits per heavy atom. The largest absolute Gasteiger partial charge is 0.453 e. The zero-order valence-electron chi connectivity index (χ0n) is 31.6. The third kappa shape index (κ3) is 8.10. The predicted octanol–water partition coefficient (Wildman–Crippen LogP) is 8.88. The van der Waals surface area contributed by atoms with E-state index in [1.54, 1.807) is 4.90 Å². The molecule has 2 fully saturated rings. The molecule has 11 heteroatoms. The van der Waals surface area contributed by atoms with Crippen molar-refractivity contribution in [2.75, 3.05) is 26.7 Å². The lowest BCUT2D eigenvalue weighted by Gasteiger charge is -2.30. The van der Waals surface area contributed by atoms with E-state index in [0.29, 0.717) is 6.54 Å². The zero-order valence-corrected chi connectivity index (χ0v) is 31.6. The van der Waals surface area contributed by atoms with Crippen LogP contribution in [-0.4, -0.2) is 80.3 Å². The number of amides is 2. The maximum Gasteiger partial charge on any atom is 0.410 e. The molecule has 278 valence electrons. The summed E-state index contributed by atoms with van der Waals surface area (Å²) in [7, 11) is 1.40. The molecule has 2 aromatic heterocycles. The van der Waals surface area contributed by atoms with Gasteiger partial charge in [-0.3, -0.25) is 9.80 Å². The van der Waals surface area contributed by atoms with E-state index in [4.69, 9.17) is 14.5 Å². The Kier molecular flexibility index (Phi) is 10.3. The van der Waals surface area contributed by atoms with Crippen molar-refractivity contribution in [2.24, 2.45) is 5.92 Å². The number of benzene rings is 3. The summed E-state index contributed by atoms with van der Waals surface area (Å²) in [6, 6.07) is 21.7. The van der Waals surface area contributed by atoms with Gasteiger partial charge in [-0.25, -0.2) is 19.6 Å². The van der Waals surface area contributed by atoms with Crippen molar-refractivity contribution in [3.63, 3.8) is 0 Å². The van der Waals surface area contributed by atoms with Crippen molar-refractivity contribution >= 4 is 23.0 Å². The van der Waals surface area contributed by atoms with Crippen LogP contribution in [0.2, 0.25) is 0 Å². The Hall–Kier alpha value is -5.16. The van der Waals surface area contributed by atoms with E-state index in [2.05, 4.69) is 99.7 Å². The van der Waals surface area contributed by atoms with E-state index >= 15 is 0 Å². The Morgan fingerprint density at radius 3 is 2.04 bits per heavy atom. The quantitative estimate of drug-likeness (QED) is 0.139. The molecule has 11 nitrogen and oxygen atoms in total. The Morgan fingerprint density at radius 1 is 0.811 bits per heavy atom. The van der Waals surface area contributed by atoms with E-state index < -0.39 is 11.7 Å². The number of fused-ring (bicyclic) bond motifs is 1. The molecular formula is C42H51N7O4. The molecule has 5 aromatic rings. The fraction of sp³-hybridized carbons (Fsp3) is 0.429. The Bertz CT molecular complexity index is 2060. The summed E-state index contributed by atoms with van der Waals surface area (Å²) < 4.78 is 10.5. The number of imidazole rings is 2. The maximum atomic E-state index is 12.9. The summed E-state index contributed by atoms with van der Waals surface area (Å²) in [4.78, 5) is 45.6. The molecule has 0 aliphatic carbocycles. The first kappa shape index (κ1) is 36.2. The van der Waals surface area contributed by atoms with Gasteiger partial charge in [0.25, 0.3) is 0 Å². The van der Waals surface area contributed by atoms with Gasteiger partial charge in [-0.1, -0.05) is 62.4 Å². The molecule has 0 spiro atoms. The van der Waals surface area contributed by atoms with E-state index in [9.17, 15) is 9.59 Å². The monoisotopic (exact) mass is 717 g/mol. The van der Waals surface area contributed by atoms with Gasteiger partial charge in [-0.05, 0) is 98.5 Å². The molecule has 3 atom stereocenters. The number of aromatic amines is 2. The molecule has 7 rings (SSSR count). The van der Waals surface area contributed by atoms with Gasteiger partial charge in [-0.15, -0.1) is 0 Å². The van der Waals surface area contributed by atoms with Gasteiger partial charge >= 0.3 is 12.2 Å². The summed E-state index contributed by atoms with van der Waals surface area (Å²) in [5, 5.41) is 5.30. The summed E-state index contributed by atoms with van der Waals surface area (Å²) in [6.07, 6.45) is 6.99. The number of ether oxygens (including phenoxy) is 2. The van der Waals surface area contributed by atoms with Crippen molar-refractivity contribution in [1.29, 1.82) is 0 Å². The zero-order chi connectivity index (χ0) is 37.3. The number of rotatable bonds is 9. The molecule has 0 radical (unpaired) electrons. The SMILES string of the molecule is COC(=O)NC(CN1CCCC1c1ncc(-c2ccc(-c3ccc4cc(-c5cnc(C6CCCN6C(=O)OC(C)(C)C)[nH]5)ccc4c3)cc2)[nH]1)C(C)C. The van der Waals surface area contributed by atoms with Crippen LogP contribution < -0.4 is 5.32 Å². The highest BCUT2D eigenvalue weighted by Gasteiger charge is 2.35. The molecule has 3 aromatic carbocycles. The molecule has 2 saturated heterocycles. The van der Waals surface area contributed by atoms with Crippen LogP contribution in [0.1, 0.15) is 84.0 Å². The molecule has 0 bridgehead atoms. The van der Waals surface area contributed by atoms with Crippen LogP contribution in [0.4, 0.5) is 9.59 Å². The summed E-state index contributed by atoms with van der Waals surface area (Å²) >= 11 is 0. The van der Waals surface area contributed by atoms with Crippen LogP contribution in [0.25, 0.3) is 44.4 Å². The number of nitrogens with one attached hydrogen (secondary N) is 3. The van der Waals surface area contributed by atoms with Crippen LogP contribution in [-0.2, 0) is 9.47 Å². The molecule has 2 aliphatic rings. The fourth-order valence-corrected chi connectivity index (χ4v) is 7.57. The standard InChI is InChI=1S/C42H51N7O4/c1-26(2)35(47-40(50)52-6)25-48-19-7-9-36(48)38-43-23-33(45-38)28-13-11-27(12-14-28)29-15-16-31-22-32(18-17-30(31)21-29)34-24-44-39(46-34)37-10-8-20-49(37)41(51)53-42(3,4)5/h11-18,21-24,26,35-37H,7-10,19-20,25H2,1-6H3,(H,43,45)(H,44,46)(H,47,50). The number of hydrogen-bond acceptors (Lipinski definition) is 7. The highest BCUT2D eigenvalue weighted by Crippen LogP contribution is 2.35. The second-order valence-electron chi connectivity index (χ2n) is 15.7. The second kappa shape index (κ2) is 15.1. The minimum Gasteiger partial charge on any atom is -0.453 e. The average Bonchev–Trinajstić information content (AvgIpc) is 3.97. The van der Waals surface area contributed by atoms with Crippen LogP contribution in [0.5, 0.6) is 0 Å². The van der Waals surface area contributed by atoms with Crippen molar-refractivity contribution in [3.8, 4) is 33.6 Å². The molecule has 0 saturated carbocycles. The number of alkyl carbamates (subject to hydrolysis) is 1. The molecular weight excluding hydrogens is 667 g/mol. The van der Waals surface area contributed by atoms with E-state index in [-0.39, 0.29) is 30.1 Å². The van der Waals surface area contributed by atoms with Gasteiger partial charge in [0.05, 0.1) is 43.0 Å². The minimum atomic E-state index is -0.539. The third-order valence-corrected chi connectivity index (χ3v) is 10.5. The number of aromatic nitrogens is 4. The predicted molar refractivity (Wildman–Crippen MR) is 207 cm³/mol. The Balaban J connectivity index is 1.02. The van der Waals surface area contributed by atoms with Gasteiger partial charge in [-0.2, -0.15) is 0 Å². The van der Waals surface area contributed by atoms with Gasteiger partial charge in [0, 0.05) is 24.7 Å². The topological polar surface area (TPSA) is 128 Å². The van der Waals surface area contributed by atoms with Crippen molar-refractivity contribution in [3.05, 3.63) is 84.7 Å².